The number of hydrogen-bond acceptors (Lipinski definition) is 4. The summed E-state index contributed by atoms with van der Waals surface area (Å²) in [6.45, 7) is 0.800. The molecule has 0 aliphatic carbocycles. The van der Waals surface area contributed by atoms with Gasteiger partial charge in [0, 0.05) is 21.6 Å². The second-order valence-corrected chi connectivity index (χ2v) is 6.38. The summed E-state index contributed by atoms with van der Waals surface area (Å²) in [4.78, 5) is 5.22. The van der Waals surface area contributed by atoms with E-state index in [9.17, 15) is 0 Å². The van der Waals surface area contributed by atoms with Crippen molar-refractivity contribution >= 4 is 33.4 Å². The smallest absolute Gasteiger partial charge is 0.188 e. The number of aromatic nitrogens is 3. The Hall–Kier alpha value is -1.79. The first-order valence-corrected chi connectivity index (χ1v) is 8.02. The lowest BCUT2D eigenvalue weighted by Gasteiger charge is -2.07. The zero-order valence-corrected chi connectivity index (χ0v) is 13.5. The lowest BCUT2D eigenvalue weighted by Crippen LogP contribution is -1.98. The highest BCUT2D eigenvalue weighted by molar-refractivity contribution is 9.10. The Kier molecular flexibility index (Phi) is 4.57. The van der Waals surface area contributed by atoms with Crippen LogP contribution in [-0.2, 0) is 6.54 Å². The number of benzene rings is 2. The molecule has 106 valence electrons. The second kappa shape index (κ2) is 6.78. The van der Waals surface area contributed by atoms with Crippen LogP contribution in [0.3, 0.4) is 0 Å². The summed E-state index contributed by atoms with van der Waals surface area (Å²) in [7, 11) is 0. The van der Waals surface area contributed by atoms with Crippen LogP contribution < -0.4 is 5.32 Å². The highest BCUT2D eigenvalue weighted by Gasteiger charge is 2.00. The number of rotatable bonds is 5. The molecular weight excluding hydrogens is 348 g/mol. The average molecular weight is 361 g/mol. The Bertz CT molecular complexity index is 698. The molecule has 1 heterocycles. The monoisotopic (exact) mass is 360 g/mol. The van der Waals surface area contributed by atoms with Crippen LogP contribution in [0.2, 0.25) is 0 Å². The summed E-state index contributed by atoms with van der Waals surface area (Å²) >= 11 is 5.04. The zero-order valence-electron chi connectivity index (χ0n) is 11.1. The molecule has 0 amide bonds. The van der Waals surface area contributed by atoms with Crippen molar-refractivity contribution in [1.82, 2.24) is 15.2 Å². The SMILES string of the molecule is Brc1cccc(CNc2ccc(Sc3ncn[nH]3)cc2)c1. The maximum absolute atomic E-state index is 4.09. The fourth-order valence-corrected chi connectivity index (χ4v) is 2.99. The molecule has 0 bridgehead atoms. The first-order chi connectivity index (χ1) is 10.3. The van der Waals surface area contributed by atoms with Crippen molar-refractivity contribution in [3.63, 3.8) is 0 Å². The van der Waals surface area contributed by atoms with E-state index in [-0.39, 0.29) is 0 Å². The largest absolute Gasteiger partial charge is 0.381 e. The lowest BCUT2D eigenvalue weighted by atomic mass is 10.2. The predicted molar refractivity (Wildman–Crippen MR) is 88.4 cm³/mol. The number of hydrogen-bond donors (Lipinski definition) is 2. The van der Waals surface area contributed by atoms with E-state index < -0.39 is 0 Å². The van der Waals surface area contributed by atoms with Gasteiger partial charge in [-0.3, -0.25) is 5.10 Å². The third kappa shape index (κ3) is 4.09. The molecule has 3 rings (SSSR count). The fraction of sp³-hybridized carbons (Fsp3) is 0.0667. The molecule has 2 N–H and O–H groups in total. The minimum atomic E-state index is 0.796. The summed E-state index contributed by atoms with van der Waals surface area (Å²) < 4.78 is 1.10. The van der Waals surface area contributed by atoms with Crippen LogP contribution in [0, 0.1) is 0 Å². The Morgan fingerprint density at radius 2 is 2.00 bits per heavy atom. The van der Waals surface area contributed by atoms with Crippen molar-refractivity contribution in [3.8, 4) is 0 Å². The van der Waals surface area contributed by atoms with Crippen molar-refractivity contribution in [1.29, 1.82) is 0 Å². The maximum atomic E-state index is 4.09. The van der Waals surface area contributed by atoms with Gasteiger partial charge < -0.3 is 5.32 Å². The van der Waals surface area contributed by atoms with Crippen LogP contribution in [-0.4, -0.2) is 15.2 Å². The predicted octanol–water partition coefficient (Wildman–Crippen LogP) is 4.33. The molecule has 2 aromatic carbocycles. The van der Waals surface area contributed by atoms with E-state index in [0.717, 1.165) is 26.8 Å². The molecule has 6 heteroatoms. The summed E-state index contributed by atoms with van der Waals surface area (Å²) in [5.41, 5.74) is 2.33. The lowest BCUT2D eigenvalue weighted by molar-refractivity contribution is 0.973. The molecule has 0 unspecified atom stereocenters. The van der Waals surface area contributed by atoms with Crippen LogP contribution in [0.25, 0.3) is 0 Å². The molecule has 0 saturated heterocycles. The second-order valence-electron chi connectivity index (χ2n) is 4.40. The third-order valence-electron chi connectivity index (χ3n) is 2.85. The van der Waals surface area contributed by atoms with E-state index >= 15 is 0 Å². The number of H-pyrrole nitrogens is 1. The topological polar surface area (TPSA) is 53.6 Å². The fourth-order valence-electron chi connectivity index (χ4n) is 1.85. The van der Waals surface area contributed by atoms with Gasteiger partial charge in [0.2, 0.25) is 0 Å². The van der Waals surface area contributed by atoms with Gasteiger partial charge in [0.15, 0.2) is 5.16 Å². The van der Waals surface area contributed by atoms with Gasteiger partial charge in [0.25, 0.3) is 0 Å². The zero-order chi connectivity index (χ0) is 14.5. The van der Waals surface area contributed by atoms with Gasteiger partial charge in [-0.2, -0.15) is 5.10 Å². The van der Waals surface area contributed by atoms with E-state index in [1.807, 2.05) is 12.1 Å². The van der Waals surface area contributed by atoms with Gasteiger partial charge >= 0.3 is 0 Å². The molecule has 3 aromatic rings. The maximum Gasteiger partial charge on any atom is 0.188 e. The molecule has 0 spiro atoms. The van der Waals surface area contributed by atoms with Crippen molar-refractivity contribution in [2.24, 2.45) is 0 Å². The van der Waals surface area contributed by atoms with Crippen molar-refractivity contribution in [2.45, 2.75) is 16.6 Å². The average Bonchev–Trinajstić information content (AvgIpc) is 3.00. The Balaban J connectivity index is 1.59. The highest BCUT2D eigenvalue weighted by Crippen LogP contribution is 2.25. The normalized spacial score (nSPS) is 10.5. The minimum Gasteiger partial charge on any atom is -0.381 e. The number of aromatic amines is 1. The quantitative estimate of drug-likeness (QED) is 0.710. The molecular formula is C15H13BrN4S. The Morgan fingerprint density at radius 1 is 1.14 bits per heavy atom. The van der Waals surface area contributed by atoms with Crippen molar-refractivity contribution in [3.05, 3.63) is 64.9 Å². The number of halogens is 1. The first kappa shape index (κ1) is 14.2. The van der Waals surface area contributed by atoms with Gasteiger partial charge in [-0.05, 0) is 42.0 Å². The Labute approximate surface area is 135 Å². The van der Waals surface area contributed by atoms with Crippen LogP contribution >= 0.6 is 27.7 Å². The van der Waals surface area contributed by atoms with E-state index in [1.165, 1.54) is 11.9 Å². The molecule has 0 fully saturated rings. The van der Waals surface area contributed by atoms with E-state index in [4.69, 9.17) is 0 Å². The van der Waals surface area contributed by atoms with Gasteiger partial charge in [-0.1, -0.05) is 39.8 Å². The molecule has 0 aliphatic rings. The standard InChI is InChI=1S/C15H13BrN4S/c16-12-3-1-2-11(8-12)9-17-13-4-6-14(7-5-13)21-15-18-10-19-20-15/h1-8,10,17H,9H2,(H,18,19,20). The van der Waals surface area contributed by atoms with Gasteiger partial charge in [0.1, 0.15) is 6.33 Å². The number of nitrogens with zero attached hydrogens (tertiary/aromatic N) is 2. The van der Waals surface area contributed by atoms with Crippen LogP contribution in [0.4, 0.5) is 5.69 Å². The summed E-state index contributed by atoms with van der Waals surface area (Å²) in [5.74, 6) is 0. The van der Waals surface area contributed by atoms with Gasteiger partial charge in [0.05, 0.1) is 0 Å². The van der Waals surface area contributed by atoms with Gasteiger partial charge in [-0.25, -0.2) is 4.98 Å². The molecule has 21 heavy (non-hydrogen) atoms. The molecule has 4 nitrogen and oxygen atoms in total. The summed E-state index contributed by atoms with van der Waals surface area (Å²) in [6.07, 6.45) is 1.51. The number of nitrogens with one attached hydrogen (secondary N) is 2. The van der Waals surface area contributed by atoms with Crippen molar-refractivity contribution < 1.29 is 0 Å². The third-order valence-corrected chi connectivity index (χ3v) is 4.24. The molecule has 0 aliphatic heterocycles. The van der Waals surface area contributed by atoms with Crippen molar-refractivity contribution in [2.75, 3.05) is 5.32 Å². The van der Waals surface area contributed by atoms with Crippen LogP contribution in [0.1, 0.15) is 5.56 Å². The first-order valence-electron chi connectivity index (χ1n) is 6.41. The summed E-state index contributed by atoms with van der Waals surface area (Å²) in [6, 6.07) is 16.5. The number of anilines is 1. The van der Waals surface area contributed by atoms with E-state index in [2.05, 4.69) is 72.8 Å². The highest BCUT2D eigenvalue weighted by atomic mass is 79.9. The summed E-state index contributed by atoms with van der Waals surface area (Å²) in [5, 5.41) is 10.9. The Morgan fingerprint density at radius 3 is 2.71 bits per heavy atom. The van der Waals surface area contributed by atoms with E-state index in [0.29, 0.717) is 0 Å². The molecule has 0 saturated carbocycles. The van der Waals surface area contributed by atoms with Crippen LogP contribution in [0.5, 0.6) is 0 Å². The van der Waals surface area contributed by atoms with Crippen LogP contribution in [0.15, 0.2) is 69.4 Å². The molecule has 0 radical (unpaired) electrons. The molecule has 1 aromatic heterocycles. The minimum absolute atomic E-state index is 0.796. The van der Waals surface area contributed by atoms with E-state index in [1.54, 1.807) is 11.8 Å². The van der Waals surface area contributed by atoms with Gasteiger partial charge in [-0.15, -0.1) is 0 Å². The molecule has 0 atom stereocenters.